The van der Waals surface area contributed by atoms with Gasteiger partial charge in [0.2, 0.25) is 5.91 Å². The topological polar surface area (TPSA) is 71.3 Å². The van der Waals surface area contributed by atoms with Crippen molar-refractivity contribution in [2.45, 2.75) is 32.4 Å². The summed E-state index contributed by atoms with van der Waals surface area (Å²) in [6.07, 6.45) is 6.64. The summed E-state index contributed by atoms with van der Waals surface area (Å²) in [7, 11) is 0. The van der Waals surface area contributed by atoms with Gasteiger partial charge in [0.15, 0.2) is 0 Å². The zero-order valence-electron chi connectivity index (χ0n) is 14.3. The molecule has 7 nitrogen and oxygen atoms in total. The molecule has 2 aromatic rings. The monoisotopic (exact) mass is 339 g/mol. The lowest BCUT2D eigenvalue weighted by molar-refractivity contribution is -0.128. The van der Waals surface area contributed by atoms with E-state index in [1.807, 2.05) is 33.5 Å². The molecule has 2 aliphatic heterocycles. The van der Waals surface area contributed by atoms with Crippen molar-refractivity contribution in [1.82, 2.24) is 24.6 Å². The number of hydrogen-bond acceptors (Lipinski definition) is 4. The summed E-state index contributed by atoms with van der Waals surface area (Å²) in [6, 6.07) is 3.79. The first-order chi connectivity index (χ1) is 12.1. The molecular formula is C18H21N5O2. The van der Waals surface area contributed by atoms with Gasteiger partial charge in [-0.2, -0.15) is 5.10 Å². The molecule has 0 aliphatic carbocycles. The Bertz CT molecular complexity index is 815. The summed E-state index contributed by atoms with van der Waals surface area (Å²) >= 11 is 0. The highest BCUT2D eigenvalue weighted by Gasteiger charge is 2.32. The fourth-order valence-electron chi connectivity index (χ4n) is 3.68. The molecule has 4 heterocycles. The van der Waals surface area contributed by atoms with Gasteiger partial charge in [0.1, 0.15) is 0 Å². The number of hydrogen-bond donors (Lipinski definition) is 0. The Labute approximate surface area is 146 Å². The third kappa shape index (κ3) is 3.01. The van der Waals surface area contributed by atoms with Gasteiger partial charge >= 0.3 is 0 Å². The first-order valence-electron chi connectivity index (χ1n) is 8.63. The molecule has 2 aliphatic rings. The number of carbonyl (C=O) groups excluding carboxylic acids is 2. The summed E-state index contributed by atoms with van der Waals surface area (Å²) < 4.78 is 1.96. The van der Waals surface area contributed by atoms with Crippen LogP contribution in [-0.2, 0) is 11.3 Å². The van der Waals surface area contributed by atoms with Crippen LogP contribution >= 0.6 is 0 Å². The van der Waals surface area contributed by atoms with Gasteiger partial charge in [-0.1, -0.05) is 0 Å². The van der Waals surface area contributed by atoms with Gasteiger partial charge in [-0.3, -0.25) is 19.3 Å². The van der Waals surface area contributed by atoms with E-state index in [4.69, 9.17) is 0 Å². The van der Waals surface area contributed by atoms with Gasteiger partial charge < -0.3 is 9.80 Å². The third-order valence-electron chi connectivity index (χ3n) is 4.89. The summed E-state index contributed by atoms with van der Waals surface area (Å²) in [5.74, 6) is 0.168. The van der Waals surface area contributed by atoms with Crippen LogP contribution in [0, 0.1) is 6.92 Å². The van der Waals surface area contributed by atoms with E-state index in [2.05, 4.69) is 10.1 Å². The second-order valence-corrected chi connectivity index (χ2v) is 6.80. The average Bonchev–Trinajstić information content (AvgIpc) is 3.23. The predicted molar refractivity (Wildman–Crippen MR) is 90.8 cm³/mol. The normalized spacial score (nSPS) is 20.0. The molecule has 130 valence electrons. The highest BCUT2D eigenvalue weighted by Crippen LogP contribution is 2.24. The van der Waals surface area contributed by atoms with Gasteiger partial charge in [0.05, 0.1) is 23.8 Å². The molecule has 0 bridgehead atoms. The van der Waals surface area contributed by atoms with Crippen LogP contribution in [0.1, 0.15) is 40.5 Å². The third-order valence-corrected chi connectivity index (χ3v) is 4.89. The Hall–Kier alpha value is -2.70. The molecule has 7 heteroatoms. The lowest BCUT2D eigenvalue weighted by atomic mass is 10.1. The maximum atomic E-state index is 12.9. The molecule has 0 radical (unpaired) electrons. The van der Waals surface area contributed by atoms with Crippen LogP contribution < -0.4 is 0 Å². The van der Waals surface area contributed by atoms with Gasteiger partial charge in [0.25, 0.3) is 5.91 Å². The van der Waals surface area contributed by atoms with Crippen molar-refractivity contribution in [1.29, 1.82) is 0 Å². The number of aryl methyl sites for hydroxylation is 1. The van der Waals surface area contributed by atoms with Crippen LogP contribution in [0.4, 0.5) is 0 Å². The Balaban J connectivity index is 1.57. The zero-order chi connectivity index (χ0) is 17.4. The van der Waals surface area contributed by atoms with Crippen molar-refractivity contribution in [3.8, 4) is 0 Å². The van der Waals surface area contributed by atoms with E-state index in [0.717, 1.165) is 24.2 Å². The van der Waals surface area contributed by atoms with Crippen molar-refractivity contribution in [2.24, 2.45) is 0 Å². The molecule has 25 heavy (non-hydrogen) atoms. The van der Waals surface area contributed by atoms with Crippen LogP contribution in [0.2, 0.25) is 0 Å². The van der Waals surface area contributed by atoms with Crippen LogP contribution in [0.15, 0.2) is 30.7 Å². The number of carbonyl (C=O) groups is 2. The number of fused-ring (bicyclic) bond motifs is 1. The number of aromatic nitrogens is 3. The van der Waals surface area contributed by atoms with E-state index in [1.165, 1.54) is 0 Å². The minimum absolute atomic E-state index is 0.0116. The maximum Gasteiger partial charge on any atom is 0.255 e. The Morgan fingerprint density at radius 1 is 1.36 bits per heavy atom. The number of amides is 2. The van der Waals surface area contributed by atoms with Crippen LogP contribution in [-0.4, -0.2) is 56.0 Å². The molecule has 2 aromatic heterocycles. The predicted octanol–water partition coefficient (Wildman–Crippen LogP) is 1.41. The quantitative estimate of drug-likeness (QED) is 0.848. The minimum Gasteiger partial charge on any atom is -0.340 e. The number of likely N-dealkylation sites (tertiary alicyclic amines) is 1. The van der Waals surface area contributed by atoms with Crippen LogP contribution in [0.25, 0.3) is 0 Å². The molecule has 4 rings (SSSR count). The second kappa shape index (κ2) is 6.31. The lowest BCUT2D eigenvalue weighted by Gasteiger charge is -2.35. The molecule has 0 N–H and O–H groups in total. The van der Waals surface area contributed by atoms with Gasteiger partial charge in [-0.25, -0.2) is 0 Å². The van der Waals surface area contributed by atoms with Crippen molar-refractivity contribution in [3.05, 3.63) is 47.5 Å². The van der Waals surface area contributed by atoms with Crippen molar-refractivity contribution in [2.75, 3.05) is 19.6 Å². The van der Waals surface area contributed by atoms with Crippen molar-refractivity contribution >= 4 is 11.8 Å². The molecule has 1 atom stereocenters. The molecule has 0 unspecified atom stereocenters. The lowest BCUT2D eigenvalue weighted by Crippen LogP contribution is -2.45. The molecule has 0 saturated carbocycles. The molecule has 0 spiro atoms. The second-order valence-electron chi connectivity index (χ2n) is 6.80. The summed E-state index contributed by atoms with van der Waals surface area (Å²) in [5, 5.41) is 4.41. The Morgan fingerprint density at radius 2 is 2.24 bits per heavy atom. The molecule has 0 aromatic carbocycles. The largest absolute Gasteiger partial charge is 0.340 e. The zero-order valence-corrected chi connectivity index (χ0v) is 14.3. The summed E-state index contributed by atoms with van der Waals surface area (Å²) in [5.41, 5.74) is 2.56. The van der Waals surface area contributed by atoms with E-state index in [1.54, 1.807) is 18.6 Å². The molecule has 1 fully saturated rings. The first kappa shape index (κ1) is 15.8. The van der Waals surface area contributed by atoms with E-state index < -0.39 is 0 Å². The van der Waals surface area contributed by atoms with Gasteiger partial charge in [0, 0.05) is 44.6 Å². The van der Waals surface area contributed by atoms with E-state index >= 15 is 0 Å². The summed E-state index contributed by atoms with van der Waals surface area (Å²) in [4.78, 5) is 32.7. The first-order valence-corrected chi connectivity index (χ1v) is 8.63. The smallest absolute Gasteiger partial charge is 0.255 e. The highest BCUT2D eigenvalue weighted by molar-refractivity contribution is 5.94. The SMILES string of the molecule is Cc1cncc(C(=O)N2Cc3ccnn3[C@H](CN3CCCC3=O)C2)c1. The number of nitrogens with zero attached hydrogens (tertiary/aromatic N) is 5. The van der Waals surface area contributed by atoms with Crippen LogP contribution in [0.5, 0.6) is 0 Å². The van der Waals surface area contributed by atoms with Crippen molar-refractivity contribution in [3.63, 3.8) is 0 Å². The van der Waals surface area contributed by atoms with E-state index in [0.29, 0.717) is 31.6 Å². The maximum absolute atomic E-state index is 12.9. The fourth-order valence-corrected chi connectivity index (χ4v) is 3.68. The average molecular weight is 339 g/mol. The molecular weight excluding hydrogens is 318 g/mol. The number of pyridine rings is 1. The number of rotatable bonds is 3. The van der Waals surface area contributed by atoms with Crippen LogP contribution in [0.3, 0.4) is 0 Å². The standard InChI is InChI=1S/C18H21N5O2/c1-13-7-14(9-19-8-13)18(25)22-10-15-4-5-20-23(15)16(12-22)11-21-6-2-3-17(21)24/h4-5,7-9,16H,2-3,6,10-12H2,1H3/t16-/m1/s1. The fraction of sp³-hybridized carbons (Fsp3) is 0.444. The Kier molecular flexibility index (Phi) is 3.99. The van der Waals surface area contributed by atoms with Crippen molar-refractivity contribution < 1.29 is 9.59 Å². The minimum atomic E-state index is -0.0265. The molecule has 2 amide bonds. The van der Waals surface area contributed by atoms with Gasteiger partial charge in [-0.05, 0) is 31.0 Å². The van der Waals surface area contributed by atoms with Gasteiger partial charge in [-0.15, -0.1) is 0 Å². The molecule has 1 saturated heterocycles. The Morgan fingerprint density at radius 3 is 3.00 bits per heavy atom. The van der Waals surface area contributed by atoms with E-state index in [9.17, 15) is 9.59 Å². The van der Waals surface area contributed by atoms with E-state index in [-0.39, 0.29) is 17.9 Å². The summed E-state index contributed by atoms with van der Waals surface area (Å²) in [6.45, 7) is 4.39. The highest BCUT2D eigenvalue weighted by atomic mass is 16.2.